The van der Waals surface area contributed by atoms with E-state index in [1.54, 1.807) is 32.9 Å². The SMILES string of the molecule is COC(=O)[C@@]12CC[C@]1(C(=O)ON1C(=O)c3ccccc3C1=O)CN(C(=O)OC(C)(C)C)C2. The molecule has 0 spiro atoms. The lowest BCUT2D eigenvalue weighted by atomic mass is 9.51. The second kappa shape index (κ2) is 7.04. The van der Waals surface area contributed by atoms with Crippen LogP contribution in [-0.2, 0) is 23.9 Å². The Balaban J connectivity index is 1.61. The molecule has 0 aromatic heterocycles. The molecule has 3 aliphatic rings. The number of ether oxygens (including phenoxy) is 2. The second-order valence-corrected chi connectivity index (χ2v) is 9.32. The van der Waals surface area contributed by atoms with E-state index in [1.165, 1.54) is 24.1 Å². The number of amides is 3. The highest BCUT2D eigenvalue weighted by atomic mass is 16.7. The van der Waals surface area contributed by atoms with Crippen LogP contribution in [0.25, 0.3) is 0 Å². The maximum Gasteiger partial charge on any atom is 0.410 e. The molecular weight excluding hydrogens is 420 g/mol. The van der Waals surface area contributed by atoms with E-state index in [0.717, 1.165) is 0 Å². The van der Waals surface area contributed by atoms with Crippen LogP contribution in [0.15, 0.2) is 24.3 Å². The number of carbonyl (C=O) groups is 5. The van der Waals surface area contributed by atoms with Crippen LogP contribution in [0, 0.1) is 10.8 Å². The van der Waals surface area contributed by atoms with Gasteiger partial charge in [0, 0.05) is 13.1 Å². The Kier molecular flexibility index (Phi) is 4.80. The van der Waals surface area contributed by atoms with Crippen molar-refractivity contribution in [3.05, 3.63) is 35.4 Å². The fourth-order valence-corrected chi connectivity index (χ4v) is 4.69. The number of esters is 1. The van der Waals surface area contributed by atoms with Crippen LogP contribution >= 0.6 is 0 Å². The normalized spacial score (nSPS) is 26.2. The van der Waals surface area contributed by atoms with Gasteiger partial charge in [0.1, 0.15) is 16.4 Å². The van der Waals surface area contributed by atoms with E-state index in [-0.39, 0.29) is 37.1 Å². The van der Waals surface area contributed by atoms with Gasteiger partial charge in [0.15, 0.2) is 0 Å². The predicted octanol–water partition coefficient (Wildman–Crippen LogP) is 1.93. The molecule has 10 nitrogen and oxygen atoms in total. The molecule has 170 valence electrons. The van der Waals surface area contributed by atoms with Gasteiger partial charge in [-0.1, -0.05) is 17.2 Å². The van der Waals surface area contributed by atoms with E-state index < -0.39 is 46.3 Å². The smallest absolute Gasteiger partial charge is 0.410 e. The van der Waals surface area contributed by atoms with E-state index in [9.17, 15) is 24.0 Å². The van der Waals surface area contributed by atoms with E-state index in [2.05, 4.69) is 0 Å². The van der Waals surface area contributed by atoms with Crippen LogP contribution in [0.3, 0.4) is 0 Å². The first-order chi connectivity index (χ1) is 15.0. The predicted molar refractivity (Wildman–Crippen MR) is 107 cm³/mol. The van der Waals surface area contributed by atoms with Crippen LogP contribution in [0.4, 0.5) is 4.79 Å². The van der Waals surface area contributed by atoms with Gasteiger partial charge in [-0.25, -0.2) is 9.59 Å². The Morgan fingerprint density at radius 1 is 0.906 bits per heavy atom. The van der Waals surface area contributed by atoms with Crippen LogP contribution in [0.2, 0.25) is 0 Å². The Morgan fingerprint density at radius 2 is 1.41 bits per heavy atom. The average Bonchev–Trinajstić information content (AvgIpc) is 3.10. The molecule has 1 saturated carbocycles. The summed E-state index contributed by atoms with van der Waals surface area (Å²) in [5.74, 6) is -3.12. The zero-order valence-electron chi connectivity index (χ0n) is 18.3. The maximum absolute atomic E-state index is 13.4. The van der Waals surface area contributed by atoms with Crippen molar-refractivity contribution in [3.63, 3.8) is 0 Å². The van der Waals surface area contributed by atoms with Gasteiger partial charge in [-0.2, -0.15) is 0 Å². The van der Waals surface area contributed by atoms with Crippen molar-refractivity contribution in [2.24, 2.45) is 10.8 Å². The molecule has 1 aromatic carbocycles. The fourth-order valence-electron chi connectivity index (χ4n) is 4.69. The third kappa shape index (κ3) is 2.96. The van der Waals surface area contributed by atoms with Crippen LogP contribution in [0.5, 0.6) is 0 Å². The number of hydrogen-bond donors (Lipinski definition) is 0. The quantitative estimate of drug-likeness (QED) is 0.512. The average molecular weight is 444 g/mol. The summed E-state index contributed by atoms with van der Waals surface area (Å²) in [6.07, 6.45) is -0.164. The van der Waals surface area contributed by atoms with Gasteiger partial charge >= 0.3 is 18.0 Å². The van der Waals surface area contributed by atoms with Crippen molar-refractivity contribution in [1.82, 2.24) is 9.96 Å². The first-order valence-corrected chi connectivity index (χ1v) is 10.2. The lowest BCUT2D eigenvalue weighted by Crippen LogP contribution is -2.61. The summed E-state index contributed by atoms with van der Waals surface area (Å²) in [6.45, 7) is 4.87. The van der Waals surface area contributed by atoms with Crippen molar-refractivity contribution in [3.8, 4) is 0 Å². The number of nitrogens with zero attached hydrogens (tertiary/aromatic N) is 2. The molecule has 2 aliphatic heterocycles. The number of rotatable bonds is 3. The van der Waals surface area contributed by atoms with Crippen LogP contribution in [-0.4, -0.2) is 65.6 Å². The number of hydrogen-bond acceptors (Lipinski definition) is 8. The third-order valence-electron chi connectivity index (χ3n) is 6.37. The van der Waals surface area contributed by atoms with Gasteiger partial charge in [0.05, 0.1) is 18.2 Å². The molecule has 2 atom stereocenters. The highest BCUT2D eigenvalue weighted by Gasteiger charge is 2.75. The molecule has 1 aliphatic carbocycles. The number of benzene rings is 1. The lowest BCUT2D eigenvalue weighted by Gasteiger charge is -2.49. The molecule has 3 amide bonds. The number of methoxy groups -OCH3 is 1. The largest absolute Gasteiger partial charge is 0.469 e. The lowest BCUT2D eigenvalue weighted by molar-refractivity contribution is -0.205. The molecule has 32 heavy (non-hydrogen) atoms. The highest BCUT2D eigenvalue weighted by molar-refractivity contribution is 6.21. The van der Waals surface area contributed by atoms with E-state index >= 15 is 0 Å². The molecule has 1 aromatic rings. The monoisotopic (exact) mass is 444 g/mol. The standard InChI is InChI=1S/C22H24N2O8/c1-20(2,3)31-19(29)23-11-21(17(27)30-4)9-10-22(21,12-23)18(28)32-24-15(25)13-7-5-6-8-14(13)16(24)26/h5-8H,9-12H2,1-4H3/t21-,22+/m0/s1. The number of fused-ring (bicyclic) bond motifs is 2. The zero-order chi connectivity index (χ0) is 23.5. The van der Waals surface area contributed by atoms with Crippen LogP contribution in [0.1, 0.15) is 54.3 Å². The molecule has 0 N–H and O–H groups in total. The summed E-state index contributed by atoms with van der Waals surface area (Å²) in [5, 5.41) is 0.415. The van der Waals surface area contributed by atoms with Gasteiger partial charge in [0.25, 0.3) is 11.8 Å². The third-order valence-corrected chi connectivity index (χ3v) is 6.37. The van der Waals surface area contributed by atoms with Crippen LogP contribution < -0.4 is 0 Å². The molecule has 2 heterocycles. The van der Waals surface area contributed by atoms with Gasteiger partial charge in [-0.15, -0.1) is 0 Å². The van der Waals surface area contributed by atoms with Crippen molar-refractivity contribution in [2.75, 3.05) is 20.2 Å². The highest BCUT2D eigenvalue weighted by Crippen LogP contribution is 2.63. The molecule has 10 heteroatoms. The maximum atomic E-state index is 13.4. The number of hydroxylamine groups is 2. The summed E-state index contributed by atoms with van der Waals surface area (Å²) >= 11 is 0. The summed E-state index contributed by atoms with van der Waals surface area (Å²) in [7, 11) is 1.20. The Labute approximate surface area is 184 Å². The summed E-state index contributed by atoms with van der Waals surface area (Å²) < 4.78 is 10.4. The molecule has 0 unspecified atom stereocenters. The van der Waals surface area contributed by atoms with E-state index in [0.29, 0.717) is 5.06 Å². The number of imide groups is 1. The summed E-state index contributed by atoms with van der Waals surface area (Å²) in [6, 6.07) is 6.11. The van der Waals surface area contributed by atoms with E-state index in [4.69, 9.17) is 14.3 Å². The van der Waals surface area contributed by atoms with Crippen molar-refractivity contribution < 1.29 is 38.3 Å². The second-order valence-electron chi connectivity index (χ2n) is 9.32. The molecule has 2 fully saturated rings. The Hall–Kier alpha value is -3.43. The van der Waals surface area contributed by atoms with Crippen molar-refractivity contribution in [1.29, 1.82) is 0 Å². The Bertz CT molecular complexity index is 1010. The number of carbonyl (C=O) groups excluding carboxylic acids is 5. The minimum Gasteiger partial charge on any atom is -0.469 e. The van der Waals surface area contributed by atoms with E-state index in [1.807, 2.05) is 0 Å². The summed E-state index contributed by atoms with van der Waals surface area (Å²) in [5.41, 5.74) is -3.32. The Morgan fingerprint density at radius 3 is 1.84 bits per heavy atom. The number of likely N-dealkylation sites (tertiary alicyclic amines) is 1. The van der Waals surface area contributed by atoms with Gasteiger partial charge in [-0.05, 0) is 45.7 Å². The molecule has 0 radical (unpaired) electrons. The molecule has 0 bridgehead atoms. The summed E-state index contributed by atoms with van der Waals surface area (Å²) in [4.78, 5) is 70.6. The first-order valence-electron chi connectivity index (χ1n) is 10.2. The van der Waals surface area contributed by atoms with Crippen molar-refractivity contribution in [2.45, 2.75) is 39.2 Å². The van der Waals surface area contributed by atoms with Crippen molar-refractivity contribution >= 4 is 29.8 Å². The topological polar surface area (TPSA) is 120 Å². The van der Waals surface area contributed by atoms with Gasteiger partial charge < -0.3 is 19.2 Å². The molecule has 4 rings (SSSR count). The molecule has 1 saturated heterocycles. The minimum absolute atomic E-state index is 0.0915. The first kappa shape index (κ1) is 21.8. The molecular formula is C22H24N2O8. The fraction of sp³-hybridized carbons (Fsp3) is 0.500. The minimum atomic E-state index is -1.45. The van der Waals surface area contributed by atoms with Gasteiger partial charge in [0.2, 0.25) is 0 Å². The van der Waals surface area contributed by atoms with Gasteiger partial charge in [-0.3, -0.25) is 14.4 Å². The zero-order valence-corrected chi connectivity index (χ0v) is 18.3.